The molecule has 0 aliphatic carbocycles. The largest absolute Gasteiger partial charge is 0.416 e. The zero-order valence-corrected chi connectivity index (χ0v) is 12.3. The first kappa shape index (κ1) is 17.5. The highest BCUT2D eigenvalue weighted by Gasteiger charge is 2.30. The Morgan fingerprint density at radius 1 is 1.24 bits per heavy atom. The molecule has 0 spiro atoms. The molecule has 21 heavy (non-hydrogen) atoms. The number of rotatable bonds is 5. The van der Waals surface area contributed by atoms with Crippen molar-refractivity contribution in [1.29, 1.82) is 0 Å². The van der Waals surface area contributed by atoms with Crippen LogP contribution in [0.1, 0.15) is 25.0 Å². The summed E-state index contributed by atoms with van der Waals surface area (Å²) >= 11 is 0. The highest BCUT2D eigenvalue weighted by Crippen LogP contribution is 2.29. The van der Waals surface area contributed by atoms with Crippen LogP contribution in [0.25, 0.3) is 0 Å². The van der Waals surface area contributed by atoms with E-state index >= 15 is 0 Å². The summed E-state index contributed by atoms with van der Waals surface area (Å²) in [4.78, 5) is 13.5. The first-order valence-corrected chi connectivity index (χ1v) is 6.70. The Kier molecular flexibility index (Phi) is 5.78. The van der Waals surface area contributed by atoms with E-state index in [1.165, 1.54) is 17.0 Å². The third kappa shape index (κ3) is 5.38. The number of hydrogen-bond acceptors (Lipinski definition) is 2. The average Bonchev–Trinajstić information content (AvgIpc) is 2.36. The highest BCUT2D eigenvalue weighted by atomic mass is 19.4. The molecule has 1 rings (SSSR count). The number of aliphatic hydroxyl groups is 1. The lowest BCUT2D eigenvalue weighted by molar-refractivity contribution is -0.137. The van der Waals surface area contributed by atoms with Crippen LogP contribution in [0.3, 0.4) is 0 Å². The fraction of sp³-hybridized carbons (Fsp3) is 0.533. The summed E-state index contributed by atoms with van der Waals surface area (Å²) in [6, 6.07) is 4.82. The number of hydrogen-bond donors (Lipinski definition) is 1. The second-order valence-electron chi connectivity index (χ2n) is 5.37. The van der Waals surface area contributed by atoms with E-state index in [2.05, 4.69) is 0 Å². The van der Waals surface area contributed by atoms with Gasteiger partial charge >= 0.3 is 6.18 Å². The van der Waals surface area contributed by atoms with Crippen LogP contribution in [-0.2, 0) is 17.4 Å². The Labute approximate surface area is 122 Å². The summed E-state index contributed by atoms with van der Waals surface area (Å²) < 4.78 is 37.4. The Morgan fingerprint density at radius 3 is 2.19 bits per heavy atom. The summed E-state index contributed by atoms with van der Waals surface area (Å²) in [5, 5.41) is 9.25. The van der Waals surface area contributed by atoms with Gasteiger partial charge in [0, 0.05) is 19.5 Å². The number of halogens is 3. The lowest BCUT2D eigenvalue weighted by atomic mass is 9.99. The van der Waals surface area contributed by atoms with Gasteiger partial charge in [-0.1, -0.05) is 19.1 Å². The molecule has 0 saturated heterocycles. The lowest BCUT2D eigenvalue weighted by Crippen LogP contribution is -2.37. The number of benzene rings is 1. The van der Waals surface area contributed by atoms with Crippen LogP contribution in [0.5, 0.6) is 0 Å². The molecule has 0 radical (unpaired) electrons. The van der Waals surface area contributed by atoms with Gasteiger partial charge in [-0.3, -0.25) is 4.79 Å². The minimum absolute atomic E-state index is 0.143. The topological polar surface area (TPSA) is 40.5 Å². The maximum atomic E-state index is 12.5. The third-order valence-corrected chi connectivity index (χ3v) is 3.16. The van der Waals surface area contributed by atoms with Crippen molar-refractivity contribution in [2.24, 2.45) is 5.92 Å². The number of amides is 1. The quantitative estimate of drug-likeness (QED) is 0.908. The number of likely N-dealkylation sites (N-methyl/N-ethyl adjacent to an activating group) is 1. The molecule has 118 valence electrons. The number of alkyl halides is 3. The molecule has 0 aliphatic heterocycles. The zero-order chi connectivity index (χ0) is 16.2. The van der Waals surface area contributed by atoms with Gasteiger partial charge in [-0.15, -0.1) is 0 Å². The second-order valence-corrected chi connectivity index (χ2v) is 5.37. The predicted molar refractivity (Wildman–Crippen MR) is 73.6 cm³/mol. The van der Waals surface area contributed by atoms with Gasteiger partial charge in [0.05, 0.1) is 11.7 Å². The van der Waals surface area contributed by atoms with E-state index in [-0.39, 0.29) is 18.4 Å². The zero-order valence-electron chi connectivity index (χ0n) is 12.3. The molecule has 6 heteroatoms. The third-order valence-electron chi connectivity index (χ3n) is 3.16. The van der Waals surface area contributed by atoms with Gasteiger partial charge in [0.15, 0.2) is 0 Å². The molecule has 0 aromatic heterocycles. The van der Waals surface area contributed by atoms with Crippen molar-refractivity contribution in [1.82, 2.24) is 4.90 Å². The van der Waals surface area contributed by atoms with E-state index < -0.39 is 17.8 Å². The number of nitrogens with zero attached hydrogens (tertiary/aromatic N) is 1. The summed E-state index contributed by atoms with van der Waals surface area (Å²) in [6.45, 7) is 3.54. The molecule has 0 aliphatic rings. The standard InChI is InChI=1S/C15H20F3NO2/c1-10(14(21)19(3)9-11(2)20)8-12-4-6-13(7-5-12)15(16,17)18/h4-7,10-11,20H,8-9H2,1-3H3/t10-,11+/m1/s1. The van der Waals surface area contributed by atoms with E-state index in [0.717, 1.165) is 12.1 Å². The van der Waals surface area contributed by atoms with E-state index in [4.69, 9.17) is 0 Å². The molecule has 1 amide bonds. The number of aliphatic hydroxyl groups excluding tert-OH is 1. The van der Waals surface area contributed by atoms with Crippen molar-refractivity contribution in [2.75, 3.05) is 13.6 Å². The Morgan fingerprint density at radius 2 is 1.76 bits per heavy atom. The van der Waals surface area contributed by atoms with Gasteiger partial charge in [-0.05, 0) is 31.0 Å². The second kappa shape index (κ2) is 6.93. The summed E-state index contributed by atoms with van der Waals surface area (Å²) in [5.41, 5.74) is -0.0225. The van der Waals surface area contributed by atoms with Gasteiger partial charge in [0.2, 0.25) is 5.91 Å². The van der Waals surface area contributed by atoms with Crippen LogP contribution in [0.4, 0.5) is 13.2 Å². The van der Waals surface area contributed by atoms with E-state index in [9.17, 15) is 23.1 Å². The van der Waals surface area contributed by atoms with Crippen LogP contribution in [0.2, 0.25) is 0 Å². The first-order valence-electron chi connectivity index (χ1n) is 6.70. The number of carbonyl (C=O) groups excluding carboxylic acids is 1. The molecule has 0 bridgehead atoms. The molecule has 2 atom stereocenters. The summed E-state index contributed by atoms with van der Waals surface area (Å²) in [5.74, 6) is -0.499. The van der Waals surface area contributed by atoms with Crippen molar-refractivity contribution in [3.05, 3.63) is 35.4 Å². The SMILES string of the molecule is C[C@H](O)CN(C)C(=O)[C@H](C)Cc1ccc(C(F)(F)F)cc1. The summed E-state index contributed by atoms with van der Waals surface area (Å²) in [7, 11) is 1.60. The van der Waals surface area contributed by atoms with Crippen LogP contribution >= 0.6 is 0 Å². The molecular weight excluding hydrogens is 283 g/mol. The average molecular weight is 303 g/mol. The van der Waals surface area contributed by atoms with Gasteiger partial charge in [0.25, 0.3) is 0 Å². The lowest BCUT2D eigenvalue weighted by Gasteiger charge is -2.22. The van der Waals surface area contributed by atoms with Gasteiger partial charge in [0.1, 0.15) is 0 Å². The van der Waals surface area contributed by atoms with E-state index in [1.54, 1.807) is 20.9 Å². The molecule has 0 heterocycles. The highest BCUT2D eigenvalue weighted by molar-refractivity contribution is 5.78. The Balaban J connectivity index is 2.66. The first-order chi connectivity index (χ1) is 9.61. The fourth-order valence-corrected chi connectivity index (χ4v) is 2.13. The van der Waals surface area contributed by atoms with Crippen LogP contribution in [-0.4, -0.2) is 35.6 Å². The monoisotopic (exact) mass is 303 g/mol. The maximum absolute atomic E-state index is 12.5. The predicted octanol–water partition coefficient (Wildman–Crippen LogP) is 2.72. The van der Waals surface area contributed by atoms with Crippen molar-refractivity contribution in [2.45, 2.75) is 32.5 Å². The smallest absolute Gasteiger partial charge is 0.392 e. The van der Waals surface area contributed by atoms with Crippen molar-refractivity contribution < 1.29 is 23.1 Å². The van der Waals surface area contributed by atoms with Gasteiger partial charge in [-0.2, -0.15) is 13.2 Å². The molecule has 0 unspecified atom stereocenters. The van der Waals surface area contributed by atoms with Crippen molar-refractivity contribution >= 4 is 5.91 Å². The normalized spacial score (nSPS) is 14.6. The van der Waals surface area contributed by atoms with Gasteiger partial charge in [-0.25, -0.2) is 0 Å². The fourth-order valence-electron chi connectivity index (χ4n) is 2.13. The maximum Gasteiger partial charge on any atom is 0.416 e. The van der Waals surface area contributed by atoms with E-state index in [1.807, 2.05) is 0 Å². The van der Waals surface area contributed by atoms with Crippen LogP contribution in [0, 0.1) is 5.92 Å². The van der Waals surface area contributed by atoms with E-state index in [0.29, 0.717) is 12.0 Å². The molecule has 0 saturated carbocycles. The number of carbonyl (C=O) groups is 1. The van der Waals surface area contributed by atoms with Crippen LogP contribution < -0.4 is 0 Å². The van der Waals surface area contributed by atoms with Crippen LogP contribution in [0.15, 0.2) is 24.3 Å². The minimum Gasteiger partial charge on any atom is -0.392 e. The molecule has 1 aromatic rings. The molecule has 1 aromatic carbocycles. The molecule has 1 N–H and O–H groups in total. The van der Waals surface area contributed by atoms with Gasteiger partial charge < -0.3 is 10.0 Å². The summed E-state index contributed by atoms with van der Waals surface area (Å²) in [6.07, 6.45) is -4.60. The molecule has 3 nitrogen and oxygen atoms in total. The molecule has 0 fully saturated rings. The minimum atomic E-state index is -4.35. The molecular formula is C15H20F3NO2. The van der Waals surface area contributed by atoms with Crippen molar-refractivity contribution in [3.63, 3.8) is 0 Å². The Hall–Kier alpha value is -1.56. The van der Waals surface area contributed by atoms with Crippen molar-refractivity contribution in [3.8, 4) is 0 Å². The Bertz CT molecular complexity index is 469.